The zero-order valence-electron chi connectivity index (χ0n) is 14.1. The van der Waals surface area contributed by atoms with Crippen LogP contribution in [0.1, 0.15) is 0 Å². The molecule has 6 heteroatoms. The SMILES string of the molecule is Fc1ccc(N2CCN(c3ncc(-c4ccc(Cl)cc4)cn3)CC2)cc1. The lowest BCUT2D eigenvalue weighted by atomic mass is 10.1. The van der Waals surface area contributed by atoms with Gasteiger partial charge in [0.25, 0.3) is 0 Å². The fourth-order valence-corrected chi connectivity index (χ4v) is 3.22. The van der Waals surface area contributed by atoms with Crippen molar-refractivity contribution >= 4 is 23.2 Å². The van der Waals surface area contributed by atoms with E-state index in [4.69, 9.17) is 11.6 Å². The summed E-state index contributed by atoms with van der Waals surface area (Å²) in [7, 11) is 0. The van der Waals surface area contributed by atoms with Gasteiger partial charge in [0.2, 0.25) is 5.95 Å². The molecule has 1 saturated heterocycles. The molecule has 1 fully saturated rings. The normalized spacial score (nSPS) is 14.5. The van der Waals surface area contributed by atoms with Gasteiger partial charge in [-0.1, -0.05) is 23.7 Å². The molecule has 2 aromatic carbocycles. The first-order chi connectivity index (χ1) is 12.7. The number of anilines is 2. The lowest BCUT2D eigenvalue weighted by molar-refractivity contribution is 0.623. The highest BCUT2D eigenvalue weighted by molar-refractivity contribution is 6.30. The number of nitrogens with zero attached hydrogens (tertiary/aromatic N) is 4. The number of aromatic nitrogens is 2. The molecule has 0 amide bonds. The average molecular weight is 369 g/mol. The van der Waals surface area contributed by atoms with Crippen molar-refractivity contribution in [2.75, 3.05) is 36.0 Å². The number of piperazine rings is 1. The Kier molecular flexibility index (Phi) is 4.71. The number of hydrogen-bond acceptors (Lipinski definition) is 4. The Morgan fingerprint density at radius 1 is 0.731 bits per heavy atom. The van der Waals surface area contributed by atoms with Crippen LogP contribution in [0.25, 0.3) is 11.1 Å². The second-order valence-corrected chi connectivity index (χ2v) is 6.67. The first kappa shape index (κ1) is 16.8. The second-order valence-electron chi connectivity index (χ2n) is 6.23. The summed E-state index contributed by atoms with van der Waals surface area (Å²) in [6.45, 7) is 3.37. The van der Waals surface area contributed by atoms with Crippen molar-refractivity contribution in [3.8, 4) is 11.1 Å². The summed E-state index contributed by atoms with van der Waals surface area (Å²) in [4.78, 5) is 13.5. The largest absolute Gasteiger partial charge is 0.368 e. The first-order valence-corrected chi connectivity index (χ1v) is 8.90. The Morgan fingerprint density at radius 3 is 1.92 bits per heavy atom. The van der Waals surface area contributed by atoms with Crippen molar-refractivity contribution in [2.24, 2.45) is 0 Å². The molecule has 132 valence electrons. The van der Waals surface area contributed by atoms with E-state index < -0.39 is 0 Å². The molecule has 0 unspecified atom stereocenters. The third kappa shape index (κ3) is 3.63. The minimum absolute atomic E-state index is 0.207. The number of benzene rings is 2. The van der Waals surface area contributed by atoms with Crippen LogP contribution in [0.5, 0.6) is 0 Å². The van der Waals surface area contributed by atoms with Gasteiger partial charge in [0.05, 0.1) is 0 Å². The van der Waals surface area contributed by atoms with Crippen LogP contribution in [0, 0.1) is 5.82 Å². The van der Waals surface area contributed by atoms with Gasteiger partial charge in [-0.2, -0.15) is 0 Å². The monoisotopic (exact) mass is 368 g/mol. The number of rotatable bonds is 3. The maximum atomic E-state index is 13.1. The van der Waals surface area contributed by atoms with E-state index in [1.807, 2.05) is 48.8 Å². The van der Waals surface area contributed by atoms with Gasteiger partial charge in [-0.25, -0.2) is 14.4 Å². The zero-order valence-corrected chi connectivity index (χ0v) is 14.9. The van der Waals surface area contributed by atoms with E-state index in [1.165, 1.54) is 12.1 Å². The van der Waals surface area contributed by atoms with E-state index in [1.54, 1.807) is 0 Å². The summed E-state index contributed by atoms with van der Waals surface area (Å²) in [6.07, 6.45) is 3.69. The van der Waals surface area contributed by atoms with E-state index >= 15 is 0 Å². The van der Waals surface area contributed by atoms with E-state index in [9.17, 15) is 4.39 Å². The summed E-state index contributed by atoms with van der Waals surface area (Å²) >= 11 is 5.93. The van der Waals surface area contributed by atoms with Crippen molar-refractivity contribution in [3.63, 3.8) is 0 Å². The smallest absolute Gasteiger partial charge is 0.225 e. The van der Waals surface area contributed by atoms with E-state index in [-0.39, 0.29) is 5.82 Å². The molecule has 1 aromatic heterocycles. The molecule has 0 N–H and O–H groups in total. The molecule has 4 nitrogen and oxygen atoms in total. The molecule has 1 aliphatic heterocycles. The predicted molar refractivity (Wildman–Crippen MR) is 103 cm³/mol. The Hall–Kier alpha value is -2.66. The summed E-state index contributed by atoms with van der Waals surface area (Å²) in [5, 5.41) is 0.713. The fraction of sp³-hybridized carbons (Fsp3) is 0.200. The van der Waals surface area contributed by atoms with E-state index in [0.717, 1.165) is 48.9 Å². The lowest BCUT2D eigenvalue weighted by Gasteiger charge is -2.36. The van der Waals surface area contributed by atoms with Gasteiger partial charge in [0, 0.05) is 54.8 Å². The second kappa shape index (κ2) is 7.30. The molecule has 1 aliphatic rings. The summed E-state index contributed by atoms with van der Waals surface area (Å²) in [5.41, 5.74) is 3.06. The van der Waals surface area contributed by atoms with Gasteiger partial charge in [-0.05, 0) is 42.0 Å². The standard InChI is InChI=1S/C20H18ClFN4/c21-17-3-1-15(2-4-17)16-13-23-20(24-14-16)26-11-9-25(10-12-26)19-7-5-18(22)6-8-19/h1-8,13-14H,9-12H2. The van der Waals surface area contributed by atoms with Crippen molar-refractivity contribution in [2.45, 2.75) is 0 Å². The van der Waals surface area contributed by atoms with Crippen LogP contribution in [-0.4, -0.2) is 36.1 Å². The van der Waals surface area contributed by atoms with Crippen LogP contribution in [0.15, 0.2) is 60.9 Å². The summed E-state index contributed by atoms with van der Waals surface area (Å²) in [6, 6.07) is 14.3. The van der Waals surface area contributed by atoms with Crippen molar-refractivity contribution in [1.82, 2.24) is 9.97 Å². The highest BCUT2D eigenvalue weighted by Gasteiger charge is 2.19. The topological polar surface area (TPSA) is 32.3 Å². The van der Waals surface area contributed by atoms with Crippen molar-refractivity contribution in [1.29, 1.82) is 0 Å². The van der Waals surface area contributed by atoms with Crippen molar-refractivity contribution < 1.29 is 4.39 Å². The summed E-state index contributed by atoms with van der Waals surface area (Å²) < 4.78 is 13.1. The highest BCUT2D eigenvalue weighted by atomic mass is 35.5. The first-order valence-electron chi connectivity index (χ1n) is 8.52. The molecule has 0 bridgehead atoms. The molecule has 0 spiro atoms. The van der Waals surface area contributed by atoms with Crippen LogP contribution in [0.4, 0.5) is 16.0 Å². The molecule has 2 heterocycles. The third-order valence-corrected chi connectivity index (χ3v) is 4.82. The van der Waals surface area contributed by atoms with Gasteiger partial charge in [0.1, 0.15) is 5.82 Å². The van der Waals surface area contributed by atoms with Gasteiger partial charge in [-0.15, -0.1) is 0 Å². The number of halogens is 2. The maximum Gasteiger partial charge on any atom is 0.225 e. The Morgan fingerprint density at radius 2 is 1.31 bits per heavy atom. The fourth-order valence-electron chi connectivity index (χ4n) is 3.09. The molecule has 0 atom stereocenters. The molecule has 26 heavy (non-hydrogen) atoms. The zero-order chi connectivity index (χ0) is 17.9. The van der Waals surface area contributed by atoms with Gasteiger partial charge >= 0.3 is 0 Å². The molecule has 0 radical (unpaired) electrons. The maximum absolute atomic E-state index is 13.1. The Bertz CT molecular complexity index is 858. The van der Waals surface area contributed by atoms with Crippen molar-refractivity contribution in [3.05, 3.63) is 71.8 Å². The highest BCUT2D eigenvalue weighted by Crippen LogP contribution is 2.22. The molecule has 0 aliphatic carbocycles. The minimum atomic E-state index is -0.207. The van der Waals surface area contributed by atoms with Gasteiger partial charge < -0.3 is 9.80 Å². The predicted octanol–water partition coefficient (Wildman–Crippen LogP) is 4.26. The number of hydrogen-bond donors (Lipinski definition) is 0. The van der Waals surface area contributed by atoms with Crippen LogP contribution in [0.3, 0.4) is 0 Å². The lowest BCUT2D eigenvalue weighted by Crippen LogP contribution is -2.47. The van der Waals surface area contributed by atoms with Crippen LogP contribution >= 0.6 is 11.6 Å². The van der Waals surface area contributed by atoms with Gasteiger partial charge in [-0.3, -0.25) is 0 Å². The third-order valence-electron chi connectivity index (χ3n) is 4.57. The molecule has 0 saturated carbocycles. The molecule has 4 rings (SSSR count). The van der Waals surface area contributed by atoms with Gasteiger partial charge in [0.15, 0.2) is 0 Å². The van der Waals surface area contributed by atoms with Crippen LogP contribution in [-0.2, 0) is 0 Å². The minimum Gasteiger partial charge on any atom is -0.368 e. The molecular weight excluding hydrogens is 351 g/mol. The molecular formula is C20H18ClFN4. The Balaban J connectivity index is 1.41. The van der Waals surface area contributed by atoms with Crippen LogP contribution < -0.4 is 9.80 Å². The van der Waals surface area contributed by atoms with Crippen LogP contribution in [0.2, 0.25) is 5.02 Å². The van der Waals surface area contributed by atoms with E-state index in [2.05, 4.69) is 19.8 Å². The van der Waals surface area contributed by atoms with E-state index in [0.29, 0.717) is 5.02 Å². The quantitative estimate of drug-likeness (QED) is 0.691. The summed E-state index contributed by atoms with van der Waals surface area (Å²) in [5.74, 6) is 0.531. The Labute approximate surface area is 156 Å². The average Bonchev–Trinajstić information content (AvgIpc) is 2.70. The molecule has 3 aromatic rings.